The number of aliphatic imine (C=N–C) groups is 1. The van der Waals surface area contributed by atoms with E-state index in [2.05, 4.69) is 69.0 Å². The van der Waals surface area contributed by atoms with Gasteiger partial charge in [0, 0.05) is 110 Å². The Hall–Kier alpha value is -6.63. The minimum absolute atomic E-state index is 0. The normalized spacial score (nSPS) is 18.5. The van der Waals surface area contributed by atoms with Crippen LogP contribution < -0.4 is 116 Å². The summed E-state index contributed by atoms with van der Waals surface area (Å²) in [6.07, 6.45) is 2.86. The van der Waals surface area contributed by atoms with Crippen LogP contribution in [0.2, 0.25) is 0 Å². The molecule has 92 heavy (non-hydrogen) atoms. The molecular weight excluding hydrogens is 1290 g/mol. The molecule has 24 heteroatoms. The second kappa shape index (κ2) is 37.3. The summed E-state index contributed by atoms with van der Waals surface area (Å²) in [5.74, 6) is 3.21. The first-order valence-electron chi connectivity index (χ1n) is 30.1. The molecule has 2 saturated carbocycles. The van der Waals surface area contributed by atoms with Crippen molar-refractivity contribution in [3.05, 3.63) is 126 Å². The van der Waals surface area contributed by atoms with E-state index in [1.165, 1.54) is 0 Å². The number of hydrogen-bond donors (Lipinski definition) is 3. The van der Waals surface area contributed by atoms with E-state index in [1.807, 2.05) is 154 Å². The fourth-order valence-electron chi connectivity index (χ4n) is 10.2. The van der Waals surface area contributed by atoms with E-state index in [-0.39, 0.29) is 124 Å². The van der Waals surface area contributed by atoms with Crippen LogP contribution in [0.15, 0.2) is 131 Å². The summed E-state index contributed by atoms with van der Waals surface area (Å²) in [4.78, 5) is 70.7. The number of carbonyl (C=O) groups is 5. The van der Waals surface area contributed by atoms with E-state index in [9.17, 15) is 29.1 Å². The van der Waals surface area contributed by atoms with Crippen LogP contribution in [0.1, 0.15) is 60.8 Å². The van der Waals surface area contributed by atoms with Crippen molar-refractivity contribution in [1.29, 1.82) is 0 Å². The Morgan fingerprint density at radius 3 is 1.13 bits per heavy atom. The number of nitrogens with zero attached hydrogens (tertiary/aromatic N) is 5. The molecule has 492 valence electrons. The Morgan fingerprint density at radius 1 is 0.522 bits per heavy atom. The quantitative estimate of drug-likeness (QED) is 0.0403. The smallest absolute Gasteiger partial charge is 0.550 e. The summed E-state index contributed by atoms with van der Waals surface area (Å²) in [5, 5.41) is 21.9. The Bertz CT molecular complexity index is 3140. The molecule has 21 nitrogen and oxygen atoms in total. The summed E-state index contributed by atoms with van der Waals surface area (Å²) in [6.45, 7) is 13.3. The third-order valence-electron chi connectivity index (χ3n) is 15.9. The average Bonchev–Trinajstić information content (AvgIpc) is 0.842. The number of alkyl carbamates (subject to hydrolysis) is 1. The van der Waals surface area contributed by atoms with Crippen molar-refractivity contribution < 1.29 is 114 Å². The molecule has 3 amide bonds. The fraction of sp³-hybridized carbons (Fsp3) is 0.471. The first-order chi connectivity index (χ1) is 43.2. The molecule has 6 fully saturated rings. The number of halogens is 1. The molecular formula is C68H88BrKN8O13S. The van der Waals surface area contributed by atoms with Gasteiger partial charge in [0.1, 0.15) is 34.3 Å². The predicted octanol–water partition coefficient (Wildman–Crippen LogP) is 5.86. The number of nitrogens with one attached hydrogen (secondary N) is 3. The molecule has 4 heterocycles. The molecule has 0 spiro atoms. The van der Waals surface area contributed by atoms with Gasteiger partial charge in [-0.3, -0.25) is 14.4 Å². The number of carboxylic acids is 1. The van der Waals surface area contributed by atoms with E-state index in [1.54, 1.807) is 35.5 Å². The van der Waals surface area contributed by atoms with Gasteiger partial charge in [0.25, 0.3) is 0 Å². The zero-order chi connectivity index (χ0) is 64.9. The van der Waals surface area contributed by atoms with Crippen molar-refractivity contribution in [1.82, 2.24) is 16.0 Å². The third-order valence-corrected chi connectivity index (χ3v) is 16.6. The molecule has 11 rings (SSSR count). The summed E-state index contributed by atoms with van der Waals surface area (Å²) in [7, 11) is 8.22. The molecule has 0 atom stereocenters. The first kappa shape index (κ1) is 76.1. The molecule has 0 bridgehead atoms. The number of hydrogen-bond acceptors (Lipinski definition) is 19. The van der Waals surface area contributed by atoms with Gasteiger partial charge >= 0.3 is 63.4 Å². The summed E-state index contributed by atoms with van der Waals surface area (Å²) >= 11 is 7.90. The molecule has 0 aromatic heterocycles. The number of amides is 3. The number of ether oxygens (including phenoxy) is 7. The molecule has 0 radical (unpaired) electrons. The minimum Gasteiger partial charge on any atom is -0.550 e. The Kier molecular flexibility index (Phi) is 30.9. The van der Waals surface area contributed by atoms with Gasteiger partial charge < -0.3 is 78.6 Å². The molecule has 5 aromatic rings. The van der Waals surface area contributed by atoms with Gasteiger partial charge in [-0.25, -0.2) is 9.79 Å². The van der Waals surface area contributed by atoms with Crippen molar-refractivity contribution in [3.8, 4) is 28.7 Å². The van der Waals surface area contributed by atoms with Gasteiger partial charge in [0.05, 0.1) is 71.1 Å². The Balaban J connectivity index is 0.000000215. The molecule has 2 aliphatic carbocycles. The van der Waals surface area contributed by atoms with Crippen molar-refractivity contribution >= 4 is 85.9 Å². The fourth-order valence-corrected chi connectivity index (χ4v) is 10.7. The van der Waals surface area contributed by atoms with Crippen LogP contribution >= 0.6 is 28.1 Å². The van der Waals surface area contributed by atoms with E-state index < -0.39 is 17.7 Å². The molecule has 3 N–H and O–H groups in total. The van der Waals surface area contributed by atoms with Crippen molar-refractivity contribution in [2.45, 2.75) is 90.6 Å². The molecule has 4 aliphatic heterocycles. The van der Waals surface area contributed by atoms with Gasteiger partial charge in [-0.1, -0.05) is 23.4 Å². The van der Waals surface area contributed by atoms with Gasteiger partial charge in [-0.2, -0.15) is 0 Å². The van der Waals surface area contributed by atoms with Crippen LogP contribution in [0, 0.1) is 23.7 Å². The van der Waals surface area contributed by atoms with Crippen LogP contribution in [0.3, 0.4) is 0 Å². The molecule has 5 aromatic carbocycles. The predicted molar refractivity (Wildman–Crippen MR) is 358 cm³/mol. The second-order valence-electron chi connectivity index (χ2n) is 23.5. The maximum Gasteiger partial charge on any atom is 1.00 e. The zero-order valence-corrected chi connectivity index (χ0v) is 59.2. The van der Waals surface area contributed by atoms with E-state index >= 15 is 0 Å². The number of rotatable bonds is 18. The number of thiocarbonyl (C=S) groups is 1. The molecule has 6 aliphatic rings. The number of isothiocyanates is 1. The van der Waals surface area contributed by atoms with E-state index in [0.717, 1.165) is 121 Å². The van der Waals surface area contributed by atoms with Crippen LogP contribution in [0.5, 0.6) is 28.7 Å². The van der Waals surface area contributed by atoms with Crippen molar-refractivity contribution in [3.63, 3.8) is 0 Å². The van der Waals surface area contributed by atoms with Gasteiger partial charge in [0.15, 0.2) is 0 Å². The topological polar surface area (TPSA) is 234 Å². The van der Waals surface area contributed by atoms with Crippen molar-refractivity contribution in [2.24, 2.45) is 28.7 Å². The van der Waals surface area contributed by atoms with Crippen LogP contribution in [-0.2, 0) is 28.7 Å². The maximum absolute atomic E-state index is 12.4. The van der Waals surface area contributed by atoms with Gasteiger partial charge in [-0.15, -0.1) is 0 Å². The number of methoxy groups -OCH3 is 5. The van der Waals surface area contributed by atoms with Gasteiger partial charge in [-0.05, 0) is 187 Å². The van der Waals surface area contributed by atoms with E-state index in [0.29, 0.717) is 19.7 Å². The maximum atomic E-state index is 12.4. The number of aliphatic carboxylic acids is 1. The standard InChI is InChI=1S/C20H29N3O4.C16H19N3O2S.C13H17NO3.C11H13NO3.C7H7BrO.CH4.K/c1-20(2,3)27-19(25)22-15-9-14(10-15)21-18(24)13-11-23(12-13)16-5-7-17(26-4)8-6-16;1-21-15-4-2-14(3-5-15)19-8-11(9-19)16(20)18-13-6-12(7-13)17-10-22;1-3-17-13(15)10-8-14(9-10)11-4-6-12(16-2)7-5-11;1-15-10-4-2-9(3-5-10)12-6-8(7-12)11(13)14;1-9-7-4-2-6(8)3-5-7;;/h5-8,13-15H,9-12H2,1-4H3,(H,21,24)(H,22,25);2-5,11-13H,6-9H2,1H3,(H,18,20);4-7,10H,3,8-9H2,1-2H3;2-5,8H,6-7H2,1H3,(H,13,14);2-5H,1H3;1H4;/q;;;;;;+1/p-1. The van der Waals surface area contributed by atoms with E-state index in [4.69, 9.17) is 33.2 Å². The summed E-state index contributed by atoms with van der Waals surface area (Å²) < 4.78 is 36.7. The minimum atomic E-state index is -0.959. The van der Waals surface area contributed by atoms with Crippen LogP contribution in [0.4, 0.5) is 27.5 Å². The number of esters is 1. The number of benzene rings is 5. The number of anilines is 4. The zero-order valence-electron chi connectivity index (χ0n) is 53.7. The molecule has 0 unspecified atom stereocenters. The molecule has 4 saturated heterocycles. The van der Waals surface area contributed by atoms with Crippen molar-refractivity contribution in [2.75, 3.05) is 114 Å². The second-order valence-corrected chi connectivity index (χ2v) is 24.6. The largest absolute Gasteiger partial charge is 1.00 e. The van der Waals surface area contributed by atoms with Crippen LogP contribution in [-0.4, -0.2) is 159 Å². The number of carbonyl (C=O) groups excluding carboxylic acids is 5. The SMILES string of the molecule is C.CCOC(=O)C1CN(c2ccc(OC)cc2)C1.COc1ccc(Br)cc1.COc1ccc(N2CC(C(=O)NC3CC(N=C=S)C3)C2)cc1.COc1ccc(N2CC(C(=O)NC3CC(NC(=O)OC(C)(C)C)C3)C2)cc1.COc1ccc(N2CC(C(=O)[O-])C2)cc1.[K+]. The monoisotopic (exact) mass is 1370 g/mol. The Labute approximate surface area is 598 Å². The third kappa shape index (κ3) is 23.1. The Morgan fingerprint density at radius 2 is 0.826 bits per heavy atom. The number of carboxylic acid groups (broad SMARTS) is 1. The summed E-state index contributed by atoms with van der Waals surface area (Å²) in [5.41, 5.74) is 3.87. The van der Waals surface area contributed by atoms with Crippen LogP contribution in [0.25, 0.3) is 0 Å². The first-order valence-corrected chi connectivity index (χ1v) is 31.3. The van der Waals surface area contributed by atoms with Gasteiger partial charge in [0.2, 0.25) is 11.8 Å². The average molecular weight is 1380 g/mol. The summed E-state index contributed by atoms with van der Waals surface area (Å²) in [6, 6.07) is 39.6.